The minimum absolute atomic E-state index is 0.0521. The zero-order valence-electron chi connectivity index (χ0n) is 12.1. The van der Waals surface area contributed by atoms with Gasteiger partial charge in [-0.15, -0.1) is 11.3 Å². The maximum absolute atomic E-state index is 12.2. The second kappa shape index (κ2) is 7.18. The van der Waals surface area contributed by atoms with E-state index < -0.39 is 20.0 Å². The van der Waals surface area contributed by atoms with Gasteiger partial charge in [0.05, 0.1) is 15.8 Å². The van der Waals surface area contributed by atoms with Crippen LogP contribution in [0.15, 0.2) is 46.7 Å². The molecule has 0 fully saturated rings. The molecule has 0 radical (unpaired) electrons. The van der Waals surface area contributed by atoms with E-state index in [1.54, 1.807) is 30.3 Å². The number of hydrogen-bond acceptors (Lipinski definition) is 5. The largest absolute Gasteiger partial charge is 0.273 e. The van der Waals surface area contributed by atoms with Gasteiger partial charge in [-0.3, -0.25) is 4.31 Å². The summed E-state index contributed by atoms with van der Waals surface area (Å²) in [6, 6.07) is 11.4. The van der Waals surface area contributed by atoms with Crippen molar-refractivity contribution < 1.29 is 16.8 Å². The van der Waals surface area contributed by atoms with E-state index in [4.69, 9.17) is 11.6 Å². The number of sulfonamides is 2. The van der Waals surface area contributed by atoms with Crippen LogP contribution >= 0.6 is 22.9 Å². The minimum atomic E-state index is -3.75. The summed E-state index contributed by atoms with van der Waals surface area (Å²) >= 11 is 6.62. The minimum Gasteiger partial charge on any atom is -0.273 e. The summed E-state index contributed by atoms with van der Waals surface area (Å²) < 4.78 is 52.3. The van der Waals surface area contributed by atoms with Crippen LogP contribution in [0, 0.1) is 0 Å². The third-order valence-electron chi connectivity index (χ3n) is 3.00. The van der Waals surface area contributed by atoms with Crippen LogP contribution in [-0.2, 0) is 20.0 Å². The molecule has 10 heteroatoms. The first kappa shape index (κ1) is 18.2. The van der Waals surface area contributed by atoms with E-state index in [-0.39, 0.29) is 16.5 Å². The highest BCUT2D eigenvalue weighted by molar-refractivity contribution is 7.93. The molecule has 23 heavy (non-hydrogen) atoms. The number of hydrogen-bond donors (Lipinski definition) is 1. The lowest BCUT2D eigenvalue weighted by Crippen LogP contribution is -2.35. The Balaban J connectivity index is 2.00. The number of rotatable bonds is 7. The molecule has 126 valence electrons. The van der Waals surface area contributed by atoms with E-state index in [0.29, 0.717) is 10.0 Å². The number of benzene rings is 1. The number of nitrogens with zero attached hydrogens (tertiary/aromatic N) is 1. The SMILES string of the molecule is CN(c1ccccc1)S(=O)(=O)CCNS(=O)(=O)c1ccc(Cl)s1. The van der Waals surface area contributed by atoms with Crippen LogP contribution in [0.5, 0.6) is 0 Å². The smallest absolute Gasteiger partial charge is 0.250 e. The molecule has 1 aromatic carbocycles. The van der Waals surface area contributed by atoms with Crippen molar-refractivity contribution in [2.45, 2.75) is 4.21 Å². The van der Waals surface area contributed by atoms with Gasteiger partial charge < -0.3 is 0 Å². The Bertz CT molecular complexity index is 864. The molecule has 2 rings (SSSR count). The lowest BCUT2D eigenvalue weighted by Gasteiger charge is -2.19. The van der Waals surface area contributed by atoms with Gasteiger partial charge in [-0.05, 0) is 24.3 Å². The molecule has 0 amide bonds. The van der Waals surface area contributed by atoms with Crippen LogP contribution in [0.3, 0.4) is 0 Å². The van der Waals surface area contributed by atoms with E-state index in [1.165, 1.54) is 19.2 Å². The molecule has 0 aliphatic carbocycles. The fourth-order valence-electron chi connectivity index (χ4n) is 1.75. The predicted molar refractivity (Wildman–Crippen MR) is 93.1 cm³/mol. The molecule has 1 N–H and O–H groups in total. The van der Waals surface area contributed by atoms with Crippen molar-refractivity contribution in [3.63, 3.8) is 0 Å². The monoisotopic (exact) mass is 394 g/mol. The van der Waals surface area contributed by atoms with Crippen molar-refractivity contribution in [1.29, 1.82) is 0 Å². The van der Waals surface area contributed by atoms with E-state index in [2.05, 4.69) is 4.72 Å². The Morgan fingerprint density at radius 3 is 2.30 bits per heavy atom. The summed E-state index contributed by atoms with van der Waals surface area (Å²) in [5, 5.41) is 0. The molecule has 0 saturated carbocycles. The molecule has 0 aliphatic heterocycles. The normalized spacial score (nSPS) is 12.3. The molecule has 0 bridgehead atoms. The van der Waals surface area contributed by atoms with Crippen LogP contribution in [0.1, 0.15) is 0 Å². The van der Waals surface area contributed by atoms with E-state index >= 15 is 0 Å². The van der Waals surface area contributed by atoms with Gasteiger partial charge in [0.25, 0.3) is 0 Å². The summed E-state index contributed by atoms with van der Waals surface area (Å²) in [4.78, 5) is 0. The Hall–Kier alpha value is -1.13. The zero-order valence-corrected chi connectivity index (χ0v) is 15.3. The zero-order chi connectivity index (χ0) is 17.1. The molecule has 6 nitrogen and oxygen atoms in total. The van der Waals surface area contributed by atoms with Gasteiger partial charge in [-0.2, -0.15) is 0 Å². The molecular formula is C13H15ClN2O4S3. The molecule has 0 atom stereocenters. The first-order valence-corrected chi connectivity index (χ1v) is 10.8. The molecule has 0 unspecified atom stereocenters. The highest BCUT2D eigenvalue weighted by Gasteiger charge is 2.21. The van der Waals surface area contributed by atoms with Gasteiger partial charge >= 0.3 is 0 Å². The van der Waals surface area contributed by atoms with Crippen LogP contribution in [0.2, 0.25) is 4.34 Å². The van der Waals surface area contributed by atoms with E-state index in [9.17, 15) is 16.8 Å². The number of para-hydroxylation sites is 1. The molecule has 1 heterocycles. The van der Waals surface area contributed by atoms with Crippen LogP contribution < -0.4 is 9.03 Å². The lowest BCUT2D eigenvalue weighted by atomic mass is 10.3. The molecular weight excluding hydrogens is 380 g/mol. The van der Waals surface area contributed by atoms with Crippen molar-refractivity contribution in [2.75, 3.05) is 23.7 Å². The van der Waals surface area contributed by atoms with Gasteiger partial charge in [0, 0.05) is 13.6 Å². The quantitative estimate of drug-likeness (QED) is 0.779. The third kappa shape index (κ3) is 4.67. The average molecular weight is 395 g/mol. The number of anilines is 1. The molecule has 1 aromatic heterocycles. The topological polar surface area (TPSA) is 83.6 Å². The first-order valence-electron chi connectivity index (χ1n) is 6.49. The summed E-state index contributed by atoms with van der Waals surface area (Å²) in [6.07, 6.45) is 0. The van der Waals surface area contributed by atoms with Gasteiger partial charge in [0.1, 0.15) is 4.21 Å². The van der Waals surface area contributed by atoms with Crippen molar-refractivity contribution in [3.8, 4) is 0 Å². The first-order chi connectivity index (χ1) is 10.7. The predicted octanol–water partition coefficient (Wildman–Crippen LogP) is 2.15. The maximum atomic E-state index is 12.2. The third-order valence-corrected chi connectivity index (χ3v) is 7.95. The Labute approximate surface area is 144 Å². The molecule has 2 aromatic rings. The fraction of sp³-hybridized carbons (Fsp3) is 0.231. The van der Waals surface area contributed by atoms with E-state index in [0.717, 1.165) is 15.6 Å². The molecule has 0 saturated heterocycles. The summed E-state index contributed by atoms with van der Waals surface area (Å²) in [7, 11) is -5.95. The van der Waals surface area contributed by atoms with Crippen molar-refractivity contribution >= 4 is 48.7 Å². The van der Waals surface area contributed by atoms with Gasteiger partial charge in [-0.1, -0.05) is 29.8 Å². The second-order valence-electron chi connectivity index (χ2n) is 4.58. The fourth-order valence-corrected chi connectivity index (χ4v) is 5.52. The van der Waals surface area contributed by atoms with Gasteiger partial charge in [0.2, 0.25) is 20.0 Å². The van der Waals surface area contributed by atoms with Crippen molar-refractivity contribution in [2.24, 2.45) is 0 Å². The Kier molecular flexibility index (Phi) is 5.69. The summed E-state index contributed by atoms with van der Waals surface area (Å²) in [6.45, 7) is -0.225. The highest BCUT2D eigenvalue weighted by atomic mass is 35.5. The molecule has 0 spiro atoms. The van der Waals surface area contributed by atoms with E-state index in [1.807, 2.05) is 0 Å². The summed E-state index contributed by atoms with van der Waals surface area (Å²) in [5.74, 6) is -0.350. The summed E-state index contributed by atoms with van der Waals surface area (Å²) in [5.41, 5.74) is 0.514. The van der Waals surface area contributed by atoms with Gasteiger partial charge in [-0.25, -0.2) is 21.6 Å². The Morgan fingerprint density at radius 1 is 1.09 bits per heavy atom. The van der Waals surface area contributed by atoms with Crippen LogP contribution in [0.4, 0.5) is 5.69 Å². The van der Waals surface area contributed by atoms with Crippen molar-refractivity contribution in [3.05, 3.63) is 46.8 Å². The number of halogens is 1. The van der Waals surface area contributed by atoms with Crippen molar-refractivity contribution in [1.82, 2.24) is 4.72 Å². The maximum Gasteiger partial charge on any atom is 0.250 e. The van der Waals surface area contributed by atoms with Crippen LogP contribution in [0.25, 0.3) is 0 Å². The molecule has 0 aliphatic rings. The second-order valence-corrected chi connectivity index (χ2v) is 10.4. The standard InChI is InChI=1S/C13H15ClN2O4S3/c1-16(11-5-3-2-4-6-11)22(17,18)10-9-15-23(19,20)13-8-7-12(14)21-13/h2-8,15H,9-10H2,1H3. The van der Waals surface area contributed by atoms with Crippen LogP contribution in [-0.4, -0.2) is 36.2 Å². The van der Waals surface area contributed by atoms with Gasteiger partial charge in [0.15, 0.2) is 0 Å². The Morgan fingerprint density at radius 2 is 1.74 bits per heavy atom. The lowest BCUT2D eigenvalue weighted by molar-refractivity contribution is 0.582. The average Bonchev–Trinajstić information content (AvgIpc) is 2.94. The number of thiophene rings is 1. The highest BCUT2D eigenvalue weighted by Crippen LogP contribution is 2.25. The number of nitrogens with one attached hydrogen (secondary N) is 1.